The van der Waals surface area contributed by atoms with Gasteiger partial charge in [0.05, 0.1) is 6.20 Å². The van der Waals surface area contributed by atoms with Crippen LogP contribution >= 0.6 is 0 Å². The second-order valence-electron chi connectivity index (χ2n) is 3.47. The predicted molar refractivity (Wildman–Crippen MR) is 60.7 cm³/mol. The van der Waals surface area contributed by atoms with E-state index in [1.165, 1.54) is 0 Å². The average molecular weight is 203 g/mol. The van der Waals surface area contributed by atoms with Gasteiger partial charge in [-0.1, -0.05) is 12.1 Å². The highest BCUT2D eigenvalue weighted by atomic mass is 16.4. The second kappa shape index (κ2) is 3.65. The standard InChI is InChI=1S/C11H13N3O/c1-14(2)9-6-4-3-5-8(9)10-7-13-11(12)15-10/h3-7H,1-2H3,(H2,12,13). The lowest BCUT2D eigenvalue weighted by Gasteiger charge is -2.15. The number of nitrogens with zero attached hydrogens (tertiary/aromatic N) is 2. The van der Waals surface area contributed by atoms with Crippen molar-refractivity contribution in [2.24, 2.45) is 0 Å². The van der Waals surface area contributed by atoms with Crippen LogP contribution in [-0.4, -0.2) is 19.1 Å². The maximum absolute atomic E-state index is 5.45. The number of nitrogen functional groups attached to an aromatic ring is 1. The van der Waals surface area contributed by atoms with Gasteiger partial charge in [0, 0.05) is 25.3 Å². The van der Waals surface area contributed by atoms with Gasteiger partial charge in [-0.15, -0.1) is 0 Å². The van der Waals surface area contributed by atoms with E-state index in [1.54, 1.807) is 6.20 Å². The molecule has 2 aromatic rings. The van der Waals surface area contributed by atoms with Crippen molar-refractivity contribution < 1.29 is 4.42 Å². The lowest BCUT2D eigenvalue weighted by molar-refractivity contribution is 0.595. The zero-order chi connectivity index (χ0) is 10.8. The van der Waals surface area contributed by atoms with Crippen LogP contribution in [0.3, 0.4) is 0 Å². The molecule has 4 nitrogen and oxygen atoms in total. The number of para-hydroxylation sites is 1. The van der Waals surface area contributed by atoms with E-state index in [2.05, 4.69) is 4.98 Å². The van der Waals surface area contributed by atoms with E-state index >= 15 is 0 Å². The fourth-order valence-corrected chi connectivity index (χ4v) is 1.48. The Kier molecular flexibility index (Phi) is 2.33. The SMILES string of the molecule is CN(C)c1ccccc1-c1cnc(N)o1. The van der Waals surface area contributed by atoms with Gasteiger partial charge in [-0.05, 0) is 12.1 Å². The van der Waals surface area contributed by atoms with Gasteiger partial charge in [0.15, 0.2) is 5.76 Å². The van der Waals surface area contributed by atoms with E-state index < -0.39 is 0 Å². The normalized spacial score (nSPS) is 10.3. The summed E-state index contributed by atoms with van der Waals surface area (Å²) >= 11 is 0. The van der Waals surface area contributed by atoms with Gasteiger partial charge in [0.25, 0.3) is 6.01 Å². The Morgan fingerprint density at radius 2 is 2.00 bits per heavy atom. The molecule has 0 unspecified atom stereocenters. The summed E-state index contributed by atoms with van der Waals surface area (Å²) in [4.78, 5) is 5.91. The maximum atomic E-state index is 5.45. The van der Waals surface area contributed by atoms with Crippen molar-refractivity contribution in [3.05, 3.63) is 30.5 Å². The zero-order valence-corrected chi connectivity index (χ0v) is 8.77. The van der Waals surface area contributed by atoms with Crippen LogP contribution in [0.5, 0.6) is 0 Å². The molecule has 0 amide bonds. The van der Waals surface area contributed by atoms with Crippen molar-refractivity contribution >= 4 is 11.7 Å². The summed E-state index contributed by atoms with van der Waals surface area (Å²) in [6, 6.07) is 8.14. The van der Waals surface area contributed by atoms with Crippen LogP contribution in [-0.2, 0) is 0 Å². The monoisotopic (exact) mass is 203 g/mol. The number of aromatic nitrogens is 1. The number of hydrogen-bond donors (Lipinski definition) is 1. The molecule has 2 N–H and O–H groups in total. The molecule has 2 rings (SSSR count). The van der Waals surface area contributed by atoms with E-state index in [9.17, 15) is 0 Å². The topological polar surface area (TPSA) is 55.3 Å². The molecule has 1 aromatic carbocycles. The van der Waals surface area contributed by atoms with Crippen LogP contribution in [0.4, 0.5) is 11.7 Å². The number of benzene rings is 1. The molecule has 0 atom stereocenters. The van der Waals surface area contributed by atoms with Gasteiger partial charge in [-0.3, -0.25) is 0 Å². The fraction of sp³-hybridized carbons (Fsp3) is 0.182. The Morgan fingerprint density at radius 3 is 2.60 bits per heavy atom. The van der Waals surface area contributed by atoms with Gasteiger partial charge in [-0.2, -0.15) is 0 Å². The summed E-state index contributed by atoms with van der Waals surface area (Å²) in [5.74, 6) is 0.691. The minimum absolute atomic E-state index is 0.193. The van der Waals surface area contributed by atoms with Crippen LogP contribution in [0, 0.1) is 0 Å². The van der Waals surface area contributed by atoms with E-state index in [4.69, 9.17) is 10.2 Å². The average Bonchev–Trinajstić information content (AvgIpc) is 2.65. The maximum Gasteiger partial charge on any atom is 0.292 e. The summed E-state index contributed by atoms with van der Waals surface area (Å²) < 4.78 is 5.30. The van der Waals surface area contributed by atoms with E-state index in [0.29, 0.717) is 5.76 Å². The summed E-state index contributed by atoms with van der Waals surface area (Å²) in [7, 11) is 3.97. The number of rotatable bonds is 2. The van der Waals surface area contributed by atoms with Gasteiger partial charge < -0.3 is 15.1 Å². The summed E-state index contributed by atoms with van der Waals surface area (Å²) in [6.45, 7) is 0. The highest BCUT2D eigenvalue weighted by Crippen LogP contribution is 2.30. The Labute approximate surface area is 88.3 Å². The van der Waals surface area contributed by atoms with E-state index in [-0.39, 0.29) is 6.01 Å². The Bertz CT molecular complexity index is 462. The molecule has 0 bridgehead atoms. The molecular formula is C11H13N3O. The summed E-state index contributed by atoms with van der Waals surface area (Å²) in [5, 5.41) is 0. The van der Waals surface area contributed by atoms with Crippen LogP contribution in [0.15, 0.2) is 34.9 Å². The number of oxazole rings is 1. The van der Waals surface area contributed by atoms with E-state index in [0.717, 1.165) is 11.3 Å². The summed E-state index contributed by atoms with van der Waals surface area (Å²) in [6.07, 6.45) is 1.64. The lowest BCUT2D eigenvalue weighted by atomic mass is 10.1. The van der Waals surface area contributed by atoms with Gasteiger partial charge in [0.1, 0.15) is 0 Å². The minimum Gasteiger partial charge on any atom is -0.424 e. The van der Waals surface area contributed by atoms with Crippen molar-refractivity contribution in [2.45, 2.75) is 0 Å². The van der Waals surface area contributed by atoms with Crippen molar-refractivity contribution in [1.29, 1.82) is 0 Å². The lowest BCUT2D eigenvalue weighted by Crippen LogP contribution is -2.09. The highest BCUT2D eigenvalue weighted by molar-refractivity contribution is 5.74. The third-order valence-corrected chi connectivity index (χ3v) is 2.17. The minimum atomic E-state index is 0.193. The molecule has 0 aliphatic heterocycles. The quantitative estimate of drug-likeness (QED) is 0.811. The molecule has 0 saturated carbocycles. The molecule has 0 fully saturated rings. The highest BCUT2D eigenvalue weighted by Gasteiger charge is 2.09. The van der Waals surface area contributed by atoms with Gasteiger partial charge in [-0.25, -0.2) is 4.98 Å². The van der Waals surface area contributed by atoms with E-state index in [1.807, 2.05) is 43.3 Å². The molecule has 0 saturated heterocycles. The molecule has 1 heterocycles. The first-order valence-corrected chi connectivity index (χ1v) is 4.66. The molecule has 0 radical (unpaired) electrons. The molecule has 4 heteroatoms. The van der Waals surface area contributed by atoms with Crippen molar-refractivity contribution in [2.75, 3.05) is 24.7 Å². The Balaban J connectivity index is 2.52. The smallest absolute Gasteiger partial charge is 0.292 e. The Morgan fingerprint density at radius 1 is 1.27 bits per heavy atom. The third kappa shape index (κ3) is 1.79. The fourth-order valence-electron chi connectivity index (χ4n) is 1.48. The second-order valence-corrected chi connectivity index (χ2v) is 3.47. The molecular weight excluding hydrogens is 190 g/mol. The number of hydrogen-bond acceptors (Lipinski definition) is 4. The molecule has 0 spiro atoms. The molecule has 78 valence electrons. The molecule has 0 aliphatic carbocycles. The van der Waals surface area contributed by atoms with Crippen molar-refractivity contribution in [3.63, 3.8) is 0 Å². The predicted octanol–water partition coefficient (Wildman–Crippen LogP) is 1.99. The van der Waals surface area contributed by atoms with Crippen molar-refractivity contribution in [1.82, 2.24) is 4.98 Å². The number of anilines is 2. The van der Waals surface area contributed by atoms with Gasteiger partial charge in [0.2, 0.25) is 0 Å². The van der Waals surface area contributed by atoms with Crippen LogP contribution in [0.25, 0.3) is 11.3 Å². The Hall–Kier alpha value is -1.97. The third-order valence-electron chi connectivity index (χ3n) is 2.17. The first kappa shape index (κ1) is 9.58. The van der Waals surface area contributed by atoms with Gasteiger partial charge >= 0.3 is 0 Å². The van der Waals surface area contributed by atoms with Crippen LogP contribution < -0.4 is 10.6 Å². The largest absolute Gasteiger partial charge is 0.424 e. The van der Waals surface area contributed by atoms with Crippen LogP contribution in [0.2, 0.25) is 0 Å². The zero-order valence-electron chi connectivity index (χ0n) is 8.77. The molecule has 1 aromatic heterocycles. The molecule has 0 aliphatic rings. The first-order valence-electron chi connectivity index (χ1n) is 4.66. The van der Waals surface area contributed by atoms with Crippen LogP contribution in [0.1, 0.15) is 0 Å². The first-order chi connectivity index (χ1) is 7.18. The number of nitrogens with two attached hydrogens (primary N) is 1. The molecule has 15 heavy (non-hydrogen) atoms. The summed E-state index contributed by atoms with van der Waals surface area (Å²) in [5.41, 5.74) is 7.52. The van der Waals surface area contributed by atoms with Crippen molar-refractivity contribution in [3.8, 4) is 11.3 Å².